The van der Waals surface area contributed by atoms with E-state index in [9.17, 15) is 8.78 Å². The first-order valence-corrected chi connectivity index (χ1v) is 7.39. The Hall–Kier alpha value is -2.07. The average Bonchev–Trinajstić information content (AvgIpc) is 3.11. The van der Waals surface area contributed by atoms with Gasteiger partial charge in [-0.05, 0) is 11.6 Å². The number of thiazole rings is 1. The van der Waals surface area contributed by atoms with Crippen LogP contribution in [0.25, 0.3) is 11.2 Å². The van der Waals surface area contributed by atoms with Gasteiger partial charge in [-0.15, -0.1) is 11.3 Å². The van der Waals surface area contributed by atoms with Gasteiger partial charge in [0.25, 0.3) is 12.4 Å². The number of aromatic nitrogens is 5. The van der Waals surface area contributed by atoms with E-state index < -0.39 is 13.0 Å². The molecule has 3 aromatic rings. The number of imidazole rings is 1. The van der Waals surface area contributed by atoms with Crippen LogP contribution in [-0.2, 0) is 6.54 Å². The molecule has 0 fully saturated rings. The number of H-pyrrole nitrogens is 1. The fourth-order valence-corrected chi connectivity index (χ4v) is 2.41. The Labute approximate surface area is 131 Å². The molecule has 116 valence electrons. The topological polar surface area (TPSA) is 88.6 Å². The lowest BCUT2D eigenvalue weighted by Crippen LogP contribution is -2.07. The second-order valence-electron chi connectivity index (χ2n) is 4.12. The molecule has 7 nitrogen and oxygen atoms in total. The highest BCUT2D eigenvalue weighted by Gasteiger charge is 2.14. The number of hydrogen-bond donors (Lipinski definition) is 2. The molecule has 0 unspecified atom stereocenters. The molecule has 11 heteroatoms. The monoisotopic (exact) mass is 346 g/mol. The summed E-state index contributed by atoms with van der Waals surface area (Å²) in [5.41, 5.74) is 3.19. The van der Waals surface area contributed by atoms with Gasteiger partial charge in [-0.3, -0.25) is 4.98 Å². The van der Waals surface area contributed by atoms with Gasteiger partial charge < -0.3 is 10.1 Å². The molecule has 0 amide bonds. The quantitative estimate of drug-likeness (QED) is 0.667. The molecule has 3 aromatic heterocycles. The summed E-state index contributed by atoms with van der Waals surface area (Å²) in [5, 5.41) is 4.91. The van der Waals surface area contributed by atoms with Crippen molar-refractivity contribution in [1.82, 2.24) is 24.9 Å². The Morgan fingerprint density at radius 3 is 2.95 bits per heavy atom. The number of aromatic amines is 1. The first kappa shape index (κ1) is 14.9. The summed E-state index contributed by atoms with van der Waals surface area (Å²) in [6, 6.07) is -0.0661. The first-order valence-electron chi connectivity index (χ1n) is 6.07. The van der Waals surface area contributed by atoms with E-state index in [4.69, 9.17) is 16.3 Å². The zero-order valence-corrected chi connectivity index (χ0v) is 12.5. The fraction of sp³-hybridized carbons (Fsp3) is 0.273. The Morgan fingerprint density at radius 2 is 2.23 bits per heavy atom. The number of nitrogens with zero attached hydrogens (tertiary/aromatic N) is 4. The average molecular weight is 347 g/mol. The second kappa shape index (κ2) is 6.36. The largest absolute Gasteiger partial charge is 0.459 e. The number of fused-ring (bicyclic) bond motifs is 1. The van der Waals surface area contributed by atoms with Gasteiger partial charge in [0.15, 0.2) is 23.6 Å². The van der Waals surface area contributed by atoms with Crippen molar-refractivity contribution in [3.05, 3.63) is 21.9 Å². The molecule has 0 aliphatic carbocycles. The van der Waals surface area contributed by atoms with Gasteiger partial charge in [0, 0.05) is 5.38 Å². The highest BCUT2D eigenvalue weighted by molar-refractivity contribution is 7.07. The molecule has 0 spiro atoms. The highest BCUT2D eigenvalue weighted by Crippen LogP contribution is 2.23. The molecule has 0 bridgehead atoms. The Balaban J connectivity index is 1.84. The molecule has 0 radical (unpaired) electrons. The van der Waals surface area contributed by atoms with E-state index in [2.05, 4.69) is 30.2 Å². The van der Waals surface area contributed by atoms with E-state index >= 15 is 0 Å². The van der Waals surface area contributed by atoms with Crippen molar-refractivity contribution >= 4 is 39.9 Å². The van der Waals surface area contributed by atoms with Crippen molar-refractivity contribution < 1.29 is 13.5 Å². The molecule has 0 atom stereocenters. The van der Waals surface area contributed by atoms with Crippen LogP contribution in [0, 0.1) is 0 Å². The molecule has 0 aliphatic heterocycles. The van der Waals surface area contributed by atoms with E-state index in [0.717, 1.165) is 5.69 Å². The van der Waals surface area contributed by atoms with Crippen LogP contribution in [0.15, 0.2) is 10.9 Å². The lowest BCUT2D eigenvalue weighted by atomic mass is 10.4. The Morgan fingerprint density at radius 1 is 1.36 bits per heavy atom. The predicted octanol–water partition coefficient (Wildman–Crippen LogP) is 2.72. The van der Waals surface area contributed by atoms with Gasteiger partial charge in [-0.2, -0.15) is 15.0 Å². The minimum atomic E-state index is -2.59. The maximum atomic E-state index is 12.2. The summed E-state index contributed by atoms with van der Waals surface area (Å²) in [6.07, 6.45) is -2.59. The summed E-state index contributed by atoms with van der Waals surface area (Å²) < 4.78 is 29.2. The van der Waals surface area contributed by atoms with E-state index in [1.807, 2.05) is 5.38 Å². The smallest absolute Gasteiger partial charge is 0.296 e. The van der Waals surface area contributed by atoms with Crippen molar-refractivity contribution in [2.75, 3.05) is 11.9 Å². The van der Waals surface area contributed by atoms with Crippen LogP contribution in [0.5, 0.6) is 6.01 Å². The number of rotatable bonds is 6. The maximum absolute atomic E-state index is 12.2. The summed E-state index contributed by atoms with van der Waals surface area (Å²) in [4.78, 5) is 18.8. The van der Waals surface area contributed by atoms with Gasteiger partial charge in [0.2, 0.25) is 5.28 Å². The predicted molar refractivity (Wildman–Crippen MR) is 77.6 cm³/mol. The minimum absolute atomic E-state index is 0.00247. The van der Waals surface area contributed by atoms with Crippen molar-refractivity contribution in [2.24, 2.45) is 0 Å². The van der Waals surface area contributed by atoms with Crippen LogP contribution in [-0.4, -0.2) is 38.0 Å². The summed E-state index contributed by atoms with van der Waals surface area (Å²) in [6.45, 7) is -0.339. The van der Waals surface area contributed by atoms with Crippen LogP contribution >= 0.6 is 22.9 Å². The number of halogens is 3. The molecular weight excluding hydrogens is 338 g/mol. The van der Waals surface area contributed by atoms with E-state index in [0.29, 0.717) is 23.5 Å². The molecule has 0 aliphatic rings. The van der Waals surface area contributed by atoms with Crippen LogP contribution in [0.4, 0.5) is 14.6 Å². The normalized spacial score (nSPS) is 11.3. The zero-order chi connectivity index (χ0) is 15.5. The molecule has 0 saturated carbocycles. The van der Waals surface area contributed by atoms with Gasteiger partial charge in [0.05, 0.1) is 17.7 Å². The molecule has 3 rings (SSSR count). The third kappa shape index (κ3) is 3.39. The van der Waals surface area contributed by atoms with E-state index in [-0.39, 0.29) is 11.3 Å². The number of hydrogen-bond acceptors (Lipinski definition) is 7. The second-order valence-corrected chi connectivity index (χ2v) is 5.17. The standard InChI is InChI=1S/C11H9ClF2N6OS/c12-10-18-8(15-1-5-3-22-4-16-5)7-9(19-10)20-11(17-7)21-2-6(13)14/h3-4,6H,1-2H2,(H2,15,17,18,19,20). The lowest BCUT2D eigenvalue weighted by molar-refractivity contribution is 0.0777. The third-order valence-electron chi connectivity index (χ3n) is 2.56. The first-order chi connectivity index (χ1) is 10.6. The molecule has 0 aromatic carbocycles. The third-order valence-corrected chi connectivity index (χ3v) is 3.37. The Kier molecular flexibility index (Phi) is 4.29. The SMILES string of the molecule is FC(F)COc1nc2c(NCc3cscn3)nc(Cl)nc2[nH]1. The van der Waals surface area contributed by atoms with Gasteiger partial charge >= 0.3 is 0 Å². The lowest BCUT2D eigenvalue weighted by Gasteiger charge is -2.03. The number of anilines is 1. The molecule has 0 saturated heterocycles. The van der Waals surface area contributed by atoms with Crippen molar-refractivity contribution in [1.29, 1.82) is 0 Å². The van der Waals surface area contributed by atoms with Gasteiger partial charge in [-0.25, -0.2) is 13.8 Å². The van der Waals surface area contributed by atoms with Crippen LogP contribution in [0.3, 0.4) is 0 Å². The van der Waals surface area contributed by atoms with Gasteiger partial charge in [-0.1, -0.05) is 0 Å². The summed E-state index contributed by atoms with van der Waals surface area (Å²) >= 11 is 7.31. The van der Waals surface area contributed by atoms with Crippen LogP contribution < -0.4 is 10.1 Å². The zero-order valence-electron chi connectivity index (χ0n) is 10.9. The van der Waals surface area contributed by atoms with E-state index in [1.54, 1.807) is 5.51 Å². The van der Waals surface area contributed by atoms with E-state index in [1.165, 1.54) is 11.3 Å². The fourth-order valence-electron chi connectivity index (χ4n) is 1.68. The summed E-state index contributed by atoms with van der Waals surface area (Å²) in [7, 11) is 0. The van der Waals surface area contributed by atoms with Crippen LogP contribution in [0.1, 0.15) is 5.69 Å². The summed E-state index contributed by atoms with van der Waals surface area (Å²) in [5.74, 6) is 0.367. The van der Waals surface area contributed by atoms with Crippen molar-refractivity contribution in [2.45, 2.75) is 13.0 Å². The van der Waals surface area contributed by atoms with Crippen molar-refractivity contribution in [3.8, 4) is 6.01 Å². The molecule has 2 N–H and O–H groups in total. The molecule has 3 heterocycles. The molecular formula is C11H9ClF2N6OS. The number of nitrogens with one attached hydrogen (secondary N) is 2. The maximum Gasteiger partial charge on any atom is 0.296 e. The molecule has 22 heavy (non-hydrogen) atoms. The van der Waals surface area contributed by atoms with Crippen LogP contribution in [0.2, 0.25) is 5.28 Å². The highest BCUT2D eigenvalue weighted by atomic mass is 35.5. The van der Waals surface area contributed by atoms with Gasteiger partial charge in [0.1, 0.15) is 0 Å². The van der Waals surface area contributed by atoms with Crippen molar-refractivity contribution in [3.63, 3.8) is 0 Å². The number of ether oxygens (including phenoxy) is 1. The minimum Gasteiger partial charge on any atom is -0.459 e. The number of alkyl halides is 2. The Bertz CT molecular complexity index is 765.